The molecule has 0 amide bonds. The zero-order valence-corrected chi connectivity index (χ0v) is 18.2. The average molecular weight is 416 g/mol. The summed E-state index contributed by atoms with van der Waals surface area (Å²) in [6.45, 7) is 9.15. The van der Waals surface area contributed by atoms with Gasteiger partial charge in [0.1, 0.15) is 5.82 Å². The van der Waals surface area contributed by atoms with Crippen molar-refractivity contribution < 1.29 is 4.39 Å². The molecule has 30 heavy (non-hydrogen) atoms. The Balaban J connectivity index is 2.35. The molecule has 0 spiro atoms. The summed E-state index contributed by atoms with van der Waals surface area (Å²) in [5.41, 5.74) is 21.1. The summed E-state index contributed by atoms with van der Waals surface area (Å²) in [7, 11) is 0. The molecule has 1 aliphatic rings. The molecule has 0 bridgehead atoms. The molecule has 164 valence electrons. The lowest BCUT2D eigenvalue weighted by atomic mass is 9.97. The molecule has 1 unspecified atom stereocenters. The van der Waals surface area contributed by atoms with Crippen molar-refractivity contribution in [3.8, 4) is 0 Å². The topological polar surface area (TPSA) is 119 Å². The van der Waals surface area contributed by atoms with Crippen LogP contribution < -0.4 is 16.4 Å². The van der Waals surface area contributed by atoms with Crippen molar-refractivity contribution in [1.29, 1.82) is 10.9 Å². The zero-order chi connectivity index (χ0) is 22.3. The number of benzene rings is 1. The van der Waals surface area contributed by atoms with Gasteiger partial charge in [-0.3, -0.25) is 10.3 Å². The Labute approximate surface area is 178 Å². The van der Waals surface area contributed by atoms with Crippen molar-refractivity contribution in [2.75, 3.05) is 31.1 Å². The van der Waals surface area contributed by atoms with E-state index in [1.807, 2.05) is 6.07 Å². The van der Waals surface area contributed by atoms with Crippen molar-refractivity contribution in [2.24, 2.45) is 22.5 Å². The summed E-state index contributed by atoms with van der Waals surface area (Å²) in [5.74, 6) is -0.446. The van der Waals surface area contributed by atoms with Gasteiger partial charge in [0.15, 0.2) is 5.84 Å². The van der Waals surface area contributed by atoms with Crippen molar-refractivity contribution in [3.63, 3.8) is 0 Å². The largest absolute Gasteiger partial charge is 0.405 e. The quantitative estimate of drug-likeness (QED) is 0.224. The maximum atomic E-state index is 15.0. The predicted octanol–water partition coefficient (Wildman–Crippen LogP) is 3.60. The number of hydrogen-bond donors (Lipinski definition) is 4. The predicted molar refractivity (Wildman–Crippen MR) is 120 cm³/mol. The Morgan fingerprint density at radius 3 is 2.70 bits per heavy atom. The van der Waals surface area contributed by atoms with E-state index >= 15 is 0 Å². The second-order valence-electron chi connectivity index (χ2n) is 8.15. The van der Waals surface area contributed by atoms with Crippen LogP contribution in [0.2, 0.25) is 0 Å². The van der Waals surface area contributed by atoms with Crippen molar-refractivity contribution >= 4 is 11.5 Å². The number of nitrogens with one attached hydrogen (secondary N) is 2. The van der Waals surface area contributed by atoms with E-state index in [0.717, 1.165) is 37.2 Å². The van der Waals surface area contributed by atoms with Gasteiger partial charge in [0, 0.05) is 37.9 Å². The summed E-state index contributed by atoms with van der Waals surface area (Å²) in [4.78, 5) is 4.44. The molecular formula is C22H34FN7. The summed E-state index contributed by atoms with van der Waals surface area (Å²) in [6, 6.07) is 3.59. The highest BCUT2D eigenvalue weighted by Gasteiger charge is 2.30. The van der Waals surface area contributed by atoms with E-state index in [4.69, 9.17) is 22.4 Å². The van der Waals surface area contributed by atoms with Crippen LogP contribution in [0.25, 0.3) is 0 Å². The smallest absolute Gasteiger partial charge is 0.178 e. The van der Waals surface area contributed by atoms with E-state index in [1.165, 1.54) is 12.3 Å². The molecule has 0 aromatic heterocycles. The molecule has 6 N–H and O–H groups in total. The first kappa shape index (κ1) is 23.5. The Hall–Kier alpha value is -2.74. The third-order valence-corrected chi connectivity index (χ3v) is 5.30. The number of nitrogens with zero attached hydrogens (tertiary/aromatic N) is 3. The van der Waals surface area contributed by atoms with Gasteiger partial charge >= 0.3 is 0 Å². The number of anilines is 1. The lowest BCUT2D eigenvalue weighted by molar-refractivity contribution is 0.235. The van der Waals surface area contributed by atoms with Crippen molar-refractivity contribution in [3.05, 3.63) is 53.1 Å². The van der Waals surface area contributed by atoms with Crippen LogP contribution in [-0.4, -0.2) is 43.0 Å². The Morgan fingerprint density at radius 1 is 1.37 bits per heavy atom. The van der Waals surface area contributed by atoms with Crippen LogP contribution in [0.15, 0.2) is 41.3 Å². The molecule has 1 aliphatic heterocycles. The molecule has 1 saturated heterocycles. The minimum atomic E-state index is -0.484. The number of amidine groups is 1. The Bertz CT molecular complexity index is 816. The average Bonchev–Trinajstić information content (AvgIpc) is 2.70. The lowest BCUT2D eigenvalue weighted by Gasteiger charge is -2.43. The number of piperazine rings is 1. The molecule has 7 nitrogen and oxygen atoms in total. The fourth-order valence-electron chi connectivity index (χ4n) is 3.97. The first-order chi connectivity index (χ1) is 14.3. The second-order valence-corrected chi connectivity index (χ2v) is 8.15. The minimum absolute atomic E-state index is 0.108. The fraction of sp³-hybridized carbons (Fsp3) is 0.500. The molecule has 1 fully saturated rings. The monoisotopic (exact) mass is 415 g/mol. The molecule has 1 atom stereocenters. The van der Waals surface area contributed by atoms with E-state index in [2.05, 4.69) is 35.7 Å². The second kappa shape index (κ2) is 10.9. The van der Waals surface area contributed by atoms with Gasteiger partial charge in [-0.2, -0.15) is 0 Å². The SMILES string of the molecule is CCC1CN(C/C(N)=C/C=C\N)CCN1c1cc(CC(C)C)cc(F)c1C(=N)N=N. The minimum Gasteiger partial charge on any atom is -0.405 e. The fourth-order valence-corrected chi connectivity index (χ4v) is 3.97. The van der Waals surface area contributed by atoms with E-state index in [0.29, 0.717) is 24.7 Å². The summed E-state index contributed by atoms with van der Waals surface area (Å²) >= 11 is 0. The molecule has 0 saturated carbocycles. The van der Waals surface area contributed by atoms with E-state index in [1.54, 1.807) is 12.2 Å². The van der Waals surface area contributed by atoms with Crippen LogP contribution in [0, 0.1) is 22.7 Å². The van der Waals surface area contributed by atoms with Gasteiger partial charge < -0.3 is 16.4 Å². The van der Waals surface area contributed by atoms with Gasteiger partial charge in [-0.15, -0.1) is 5.11 Å². The first-order valence-electron chi connectivity index (χ1n) is 10.4. The third-order valence-electron chi connectivity index (χ3n) is 5.30. The van der Waals surface area contributed by atoms with E-state index in [-0.39, 0.29) is 17.4 Å². The highest BCUT2D eigenvalue weighted by molar-refractivity contribution is 6.02. The number of nitrogens with two attached hydrogens (primary N) is 2. The van der Waals surface area contributed by atoms with Crippen LogP contribution in [0.1, 0.15) is 38.3 Å². The number of hydrogen-bond acceptors (Lipinski definition) is 6. The normalized spacial score (nSPS) is 18.4. The third kappa shape index (κ3) is 5.89. The maximum Gasteiger partial charge on any atom is 0.178 e. The number of rotatable bonds is 8. The number of halogens is 1. The first-order valence-corrected chi connectivity index (χ1v) is 10.4. The van der Waals surface area contributed by atoms with E-state index in [9.17, 15) is 4.39 Å². The molecule has 1 heterocycles. The molecule has 8 heteroatoms. The lowest BCUT2D eigenvalue weighted by Crippen LogP contribution is -2.54. The molecule has 0 aliphatic carbocycles. The van der Waals surface area contributed by atoms with Gasteiger partial charge in [-0.05, 0) is 54.8 Å². The highest BCUT2D eigenvalue weighted by atomic mass is 19.1. The van der Waals surface area contributed by atoms with E-state index < -0.39 is 5.82 Å². The van der Waals surface area contributed by atoms with Crippen molar-refractivity contribution in [1.82, 2.24) is 4.90 Å². The molecule has 2 rings (SSSR count). The maximum absolute atomic E-state index is 15.0. The highest BCUT2D eigenvalue weighted by Crippen LogP contribution is 2.31. The van der Waals surface area contributed by atoms with Crippen LogP contribution in [0.3, 0.4) is 0 Å². The molecule has 1 aromatic carbocycles. The molecular weight excluding hydrogens is 381 g/mol. The zero-order valence-electron chi connectivity index (χ0n) is 18.2. The number of allylic oxidation sites excluding steroid dienone is 2. The molecule has 1 aromatic rings. The Morgan fingerprint density at radius 2 is 2.10 bits per heavy atom. The standard InChI is InChI=1S/C22H34FN7/c1-4-18-14-29(13-17(25)6-5-7-24)8-9-30(18)20-12-16(10-15(2)3)11-19(23)21(20)22(26)28-27/h5-7,11-12,15,18,26-27H,4,8-10,13-14,24-25H2,1-3H3/b7-5-,17-6-,26-22?,28-27?. The van der Waals surface area contributed by atoms with Gasteiger partial charge in [0.05, 0.1) is 11.3 Å². The van der Waals surface area contributed by atoms with Crippen LogP contribution in [0.4, 0.5) is 10.1 Å². The van der Waals surface area contributed by atoms with Gasteiger partial charge in [0.25, 0.3) is 0 Å². The van der Waals surface area contributed by atoms with Crippen LogP contribution in [0.5, 0.6) is 0 Å². The Kier molecular flexibility index (Phi) is 8.53. The molecule has 0 radical (unpaired) electrons. The van der Waals surface area contributed by atoms with Crippen molar-refractivity contribution in [2.45, 2.75) is 39.7 Å². The summed E-state index contributed by atoms with van der Waals surface area (Å²) < 4.78 is 15.0. The van der Waals surface area contributed by atoms with Crippen LogP contribution in [-0.2, 0) is 6.42 Å². The van der Waals surface area contributed by atoms with Gasteiger partial charge in [-0.25, -0.2) is 9.92 Å². The van der Waals surface area contributed by atoms with Crippen LogP contribution >= 0.6 is 0 Å². The summed E-state index contributed by atoms with van der Waals surface area (Å²) in [5, 5.41) is 11.3. The summed E-state index contributed by atoms with van der Waals surface area (Å²) in [6.07, 6.45) is 6.58. The van der Waals surface area contributed by atoms with Gasteiger partial charge in [0.2, 0.25) is 0 Å². The van der Waals surface area contributed by atoms with Gasteiger partial charge in [-0.1, -0.05) is 20.8 Å².